The molecule has 1 aliphatic rings. The second kappa shape index (κ2) is 6.36. The predicted octanol–water partition coefficient (Wildman–Crippen LogP) is 3.50. The van der Waals surface area contributed by atoms with Gasteiger partial charge in [-0.1, -0.05) is 13.3 Å². The van der Waals surface area contributed by atoms with E-state index in [1.807, 2.05) is 6.92 Å². The van der Waals surface area contributed by atoms with Crippen LogP contribution in [0.1, 0.15) is 51.6 Å². The Hall–Kier alpha value is -3.03. The fraction of sp³-hybridized carbons (Fsp3) is 0.222. The van der Waals surface area contributed by atoms with E-state index in [0.29, 0.717) is 12.8 Å². The number of phenols is 2. The Morgan fingerprint density at radius 3 is 1.85 bits per heavy atom. The Labute approximate surface area is 146 Å². The Kier molecular flexibility index (Phi) is 4.35. The maximum atomic E-state index is 14.8. The van der Waals surface area contributed by atoms with E-state index in [1.165, 1.54) is 0 Å². The molecule has 0 spiro atoms. The van der Waals surface area contributed by atoms with Crippen molar-refractivity contribution in [3.63, 3.8) is 0 Å². The van der Waals surface area contributed by atoms with E-state index in [-0.39, 0.29) is 6.54 Å². The van der Waals surface area contributed by atoms with Crippen LogP contribution in [0.15, 0.2) is 12.1 Å². The van der Waals surface area contributed by atoms with Gasteiger partial charge in [0.1, 0.15) is 17.2 Å². The van der Waals surface area contributed by atoms with Crippen LogP contribution in [-0.2, 0) is 0 Å². The number of carbonyl (C=O) groups excluding carboxylic acids is 2. The minimum absolute atomic E-state index is 0.132. The van der Waals surface area contributed by atoms with Crippen LogP contribution in [0.2, 0.25) is 0 Å². The van der Waals surface area contributed by atoms with Crippen molar-refractivity contribution in [2.75, 3.05) is 11.9 Å². The molecule has 3 rings (SSSR count). The molecule has 5 nitrogen and oxygen atoms in total. The maximum absolute atomic E-state index is 14.8. The third-order valence-corrected chi connectivity index (χ3v) is 4.22. The lowest BCUT2D eigenvalue weighted by molar-refractivity contribution is 0.0966. The second-order valence-corrected chi connectivity index (χ2v) is 5.86. The fourth-order valence-corrected chi connectivity index (χ4v) is 2.92. The summed E-state index contributed by atoms with van der Waals surface area (Å²) in [6, 6.07) is 1.87. The predicted molar refractivity (Wildman–Crippen MR) is 86.4 cm³/mol. The van der Waals surface area contributed by atoms with Crippen LogP contribution in [0.4, 0.5) is 18.9 Å². The highest BCUT2D eigenvalue weighted by Crippen LogP contribution is 2.41. The van der Waals surface area contributed by atoms with Gasteiger partial charge in [0.25, 0.3) is 0 Å². The van der Waals surface area contributed by atoms with Crippen LogP contribution >= 0.6 is 0 Å². The molecule has 0 saturated heterocycles. The van der Waals surface area contributed by atoms with E-state index in [4.69, 9.17) is 0 Å². The summed E-state index contributed by atoms with van der Waals surface area (Å²) in [6.07, 6.45) is 1.25. The normalized spacial score (nSPS) is 12.8. The number of aromatic hydroxyl groups is 2. The van der Waals surface area contributed by atoms with Gasteiger partial charge in [0, 0.05) is 6.54 Å². The molecular formula is C18H14F3NO4. The van der Waals surface area contributed by atoms with E-state index < -0.39 is 68.5 Å². The summed E-state index contributed by atoms with van der Waals surface area (Å²) >= 11 is 0. The minimum Gasteiger partial charge on any atom is -0.507 e. The number of phenolic OH excluding ortho intramolecular Hbond substituents is 2. The first kappa shape index (κ1) is 17.8. The van der Waals surface area contributed by atoms with Gasteiger partial charge < -0.3 is 15.5 Å². The van der Waals surface area contributed by atoms with E-state index in [9.17, 15) is 33.0 Å². The summed E-state index contributed by atoms with van der Waals surface area (Å²) in [5.74, 6) is -8.59. The van der Waals surface area contributed by atoms with Crippen LogP contribution in [0.3, 0.4) is 0 Å². The average Bonchev–Trinajstić information content (AvgIpc) is 2.60. The number of nitrogens with one attached hydrogen (secondary N) is 1. The molecule has 0 saturated carbocycles. The van der Waals surface area contributed by atoms with Crippen LogP contribution < -0.4 is 5.32 Å². The Morgan fingerprint density at radius 1 is 0.846 bits per heavy atom. The summed E-state index contributed by atoms with van der Waals surface area (Å²) in [6.45, 7) is 1.98. The lowest BCUT2D eigenvalue weighted by atomic mass is 9.82. The topological polar surface area (TPSA) is 86.6 Å². The van der Waals surface area contributed by atoms with Gasteiger partial charge in [-0.25, -0.2) is 13.2 Å². The number of hydrogen-bond acceptors (Lipinski definition) is 5. The highest BCUT2D eigenvalue weighted by molar-refractivity contribution is 6.30. The quantitative estimate of drug-likeness (QED) is 0.374. The lowest BCUT2D eigenvalue weighted by Gasteiger charge is -2.22. The van der Waals surface area contributed by atoms with E-state index in [0.717, 1.165) is 12.1 Å². The van der Waals surface area contributed by atoms with Crippen molar-refractivity contribution >= 4 is 17.3 Å². The first-order chi connectivity index (χ1) is 12.3. The number of anilines is 1. The molecule has 0 amide bonds. The van der Waals surface area contributed by atoms with Crippen molar-refractivity contribution in [2.24, 2.45) is 0 Å². The van der Waals surface area contributed by atoms with Crippen molar-refractivity contribution in [1.29, 1.82) is 0 Å². The number of halogens is 3. The number of rotatable bonds is 4. The van der Waals surface area contributed by atoms with Crippen LogP contribution in [0.5, 0.6) is 11.5 Å². The fourth-order valence-electron chi connectivity index (χ4n) is 2.92. The summed E-state index contributed by atoms with van der Waals surface area (Å²) < 4.78 is 43.6. The van der Waals surface area contributed by atoms with Gasteiger partial charge in [0.2, 0.25) is 11.6 Å². The molecule has 136 valence electrons. The van der Waals surface area contributed by atoms with Crippen molar-refractivity contribution in [3.8, 4) is 11.5 Å². The second-order valence-electron chi connectivity index (χ2n) is 5.86. The molecule has 2 aromatic carbocycles. The van der Waals surface area contributed by atoms with Crippen LogP contribution in [-0.4, -0.2) is 28.3 Å². The molecule has 0 bridgehead atoms. The van der Waals surface area contributed by atoms with Crippen LogP contribution in [0.25, 0.3) is 0 Å². The highest BCUT2D eigenvalue weighted by atomic mass is 19.2. The summed E-state index contributed by atoms with van der Waals surface area (Å²) in [5.41, 5.74) is -4.25. The SMILES string of the molecule is CCCCNc1c(F)c(F)c2c(c1F)C(=O)c1c(O)ccc(O)c1C2=O. The Balaban J connectivity index is 2.28. The molecule has 0 heterocycles. The molecule has 0 unspecified atom stereocenters. The van der Waals surface area contributed by atoms with Crippen molar-refractivity contribution in [3.05, 3.63) is 51.8 Å². The average molecular weight is 365 g/mol. The lowest BCUT2D eigenvalue weighted by Crippen LogP contribution is -2.26. The first-order valence-corrected chi connectivity index (χ1v) is 7.89. The minimum atomic E-state index is -1.69. The zero-order chi connectivity index (χ0) is 19.2. The monoisotopic (exact) mass is 365 g/mol. The summed E-state index contributed by atoms with van der Waals surface area (Å²) in [4.78, 5) is 25.1. The van der Waals surface area contributed by atoms with Gasteiger partial charge in [0.05, 0.1) is 22.3 Å². The molecule has 2 aromatic rings. The van der Waals surface area contributed by atoms with E-state index in [2.05, 4.69) is 5.32 Å². The van der Waals surface area contributed by atoms with Gasteiger partial charge in [-0.05, 0) is 18.6 Å². The third kappa shape index (κ3) is 2.40. The molecule has 26 heavy (non-hydrogen) atoms. The molecule has 3 N–H and O–H groups in total. The largest absolute Gasteiger partial charge is 0.507 e. The summed E-state index contributed by atoms with van der Waals surface area (Å²) in [5, 5.41) is 22.1. The van der Waals surface area contributed by atoms with E-state index >= 15 is 0 Å². The molecule has 1 aliphatic carbocycles. The van der Waals surface area contributed by atoms with Gasteiger partial charge in [-0.15, -0.1) is 0 Å². The number of fused-ring (bicyclic) bond motifs is 2. The molecule has 0 radical (unpaired) electrons. The number of benzene rings is 2. The van der Waals surface area contributed by atoms with Crippen molar-refractivity contribution < 1.29 is 33.0 Å². The standard InChI is InChI=1S/C18H14F3NO4/c1-2-3-6-22-16-14(20)12-11(13(19)15(16)21)17(25)9-7(23)4-5-8(24)10(9)18(12)26/h4-5,22-24H,2-3,6H2,1H3. The molecule has 0 fully saturated rings. The van der Waals surface area contributed by atoms with Gasteiger partial charge in [-0.2, -0.15) is 0 Å². The molecule has 0 aliphatic heterocycles. The Bertz CT molecular complexity index is 956. The smallest absolute Gasteiger partial charge is 0.201 e. The maximum Gasteiger partial charge on any atom is 0.201 e. The van der Waals surface area contributed by atoms with E-state index in [1.54, 1.807) is 0 Å². The van der Waals surface area contributed by atoms with Crippen molar-refractivity contribution in [1.82, 2.24) is 0 Å². The number of carbonyl (C=O) groups is 2. The zero-order valence-electron chi connectivity index (χ0n) is 13.6. The number of hydrogen-bond donors (Lipinski definition) is 3. The number of unbranched alkanes of at least 4 members (excludes halogenated alkanes) is 1. The molecule has 0 aromatic heterocycles. The zero-order valence-corrected chi connectivity index (χ0v) is 13.6. The molecular weight excluding hydrogens is 351 g/mol. The highest BCUT2D eigenvalue weighted by Gasteiger charge is 2.41. The van der Waals surface area contributed by atoms with Gasteiger partial charge >= 0.3 is 0 Å². The molecule has 8 heteroatoms. The Morgan fingerprint density at radius 2 is 1.35 bits per heavy atom. The number of ketones is 2. The third-order valence-electron chi connectivity index (χ3n) is 4.22. The van der Waals surface area contributed by atoms with Crippen molar-refractivity contribution in [2.45, 2.75) is 19.8 Å². The van der Waals surface area contributed by atoms with Crippen LogP contribution in [0, 0.1) is 17.5 Å². The first-order valence-electron chi connectivity index (χ1n) is 7.89. The van der Waals surface area contributed by atoms with Gasteiger partial charge in [-0.3, -0.25) is 9.59 Å². The summed E-state index contributed by atoms with van der Waals surface area (Å²) in [7, 11) is 0. The van der Waals surface area contributed by atoms with Gasteiger partial charge in [0.15, 0.2) is 17.5 Å². The molecule has 0 atom stereocenters.